The zero-order valence-electron chi connectivity index (χ0n) is 11.1. The minimum atomic E-state index is -0.291. The summed E-state index contributed by atoms with van der Waals surface area (Å²) in [5.41, 5.74) is 0. The lowest BCUT2D eigenvalue weighted by atomic mass is 10.2. The van der Waals surface area contributed by atoms with Gasteiger partial charge in [0.1, 0.15) is 5.82 Å². The molecule has 100 valence electrons. The highest BCUT2D eigenvalue weighted by atomic mass is 32.2. The molecule has 1 aromatic rings. The number of benzene rings is 1. The Kier molecular flexibility index (Phi) is 6.19. The zero-order chi connectivity index (χ0) is 13.5. The third-order valence-corrected chi connectivity index (χ3v) is 3.77. The Labute approximate surface area is 112 Å². The van der Waals surface area contributed by atoms with Gasteiger partial charge in [0.25, 0.3) is 0 Å². The molecule has 2 nitrogen and oxygen atoms in total. The maximum atomic E-state index is 13.4. The Hall–Kier alpha value is -1.03. The monoisotopic (exact) mass is 269 g/mol. The third-order valence-electron chi connectivity index (χ3n) is 2.62. The van der Waals surface area contributed by atoms with Crippen LogP contribution in [0.25, 0.3) is 0 Å². The number of thioether (sulfide) groups is 1. The summed E-state index contributed by atoms with van der Waals surface area (Å²) in [5, 5.41) is 2.65. The molecule has 1 N–H and O–H groups in total. The van der Waals surface area contributed by atoms with Crippen LogP contribution < -0.4 is 5.32 Å². The van der Waals surface area contributed by atoms with Crippen LogP contribution in [0.1, 0.15) is 33.6 Å². The van der Waals surface area contributed by atoms with Crippen molar-refractivity contribution in [3.63, 3.8) is 0 Å². The van der Waals surface area contributed by atoms with Crippen molar-refractivity contribution in [1.82, 2.24) is 5.32 Å². The highest BCUT2D eigenvalue weighted by Gasteiger charge is 2.17. The molecule has 0 heterocycles. The van der Waals surface area contributed by atoms with E-state index in [0.717, 1.165) is 12.8 Å². The van der Waals surface area contributed by atoms with Crippen molar-refractivity contribution in [2.45, 2.75) is 49.8 Å². The average molecular weight is 269 g/mol. The molecule has 2 unspecified atom stereocenters. The molecule has 0 bridgehead atoms. The number of rotatable bonds is 6. The molecule has 0 aliphatic carbocycles. The second-order valence-corrected chi connectivity index (χ2v) is 5.77. The number of hydrogen-bond acceptors (Lipinski definition) is 2. The minimum Gasteiger partial charge on any atom is -0.353 e. The van der Waals surface area contributed by atoms with Gasteiger partial charge in [-0.1, -0.05) is 25.5 Å². The van der Waals surface area contributed by atoms with Gasteiger partial charge < -0.3 is 5.32 Å². The SMILES string of the molecule is CCCC(C)NC(=O)C(C)Sc1ccccc1F. The Morgan fingerprint density at radius 3 is 2.67 bits per heavy atom. The van der Waals surface area contributed by atoms with Gasteiger partial charge in [-0.15, -0.1) is 11.8 Å². The quantitative estimate of drug-likeness (QED) is 0.799. The summed E-state index contributed by atoms with van der Waals surface area (Å²) < 4.78 is 13.4. The Morgan fingerprint density at radius 1 is 1.39 bits per heavy atom. The van der Waals surface area contributed by atoms with Gasteiger partial charge in [0.15, 0.2) is 0 Å². The minimum absolute atomic E-state index is 0.0378. The molecule has 18 heavy (non-hydrogen) atoms. The van der Waals surface area contributed by atoms with Gasteiger partial charge in [-0.2, -0.15) is 0 Å². The molecule has 0 aliphatic rings. The Bertz CT molecular complexity index is 397. The van der Waals surface area contributed by atoms with Crippen LogP contribution in [0, 0.1) is 5.82 Å². The van der Waals surface area contributed by atoms with Crippen molar-refractivity contribution in [2.75, 3.05) is 0 Å². The average Bonchev–Trinajstić information content (AvgIpc) is 2.32. The standard InChI is InChI=1S/C14H20FNOS/c1-4-7-10(2)16-14(17)11(3)18-13-9-6-5-8-12(13)15/h5-6,8-11H,4,7H2,1-3H3,(H,16,17). The molecule has 0 radical (unpaired) electrons. The number of halogens is 1. The first kappa shape index (κ1) is 15.0. The summed E-state index contributed by atoms with van der Waals surface area (Å²) in [7, 11) is 0. The van der Waals surface area contributed by atoms with Crippen LogP contribution in [0.4, 0.5) is 4.39 Å². The van der Waals surface area contributed by atoms with Crippen LogP contribution >= 0.6 is 11.8 Å². The normalized spacial score (nSPS) is 14.0. The van der Waals surface area contributed by atoms with Crippen LogP contribution in [0.15, 0.2) is 29.2 Å². The molecule has 0 aromatic heterocycles. The molecule has 1 amide bonds. The predicted octanol–water partition coefficient (Wildman–Crippen LogP) is 3.61. The summed E-state index contributed by atoms with van der Waals surface area (Å²) >= 11 is 1.25. The highest BCUT2D eigenvalue weighted by molar-refractivity contribution is 8.00. The van der Waals surface area contributed by atoms with E-state index in [2.05, 4.69) is 12.2 Å². The lowest BCUT2D eigenvalue weighted by Crippen LogP contribution is -2.37. The Balaban J connectivity index is 2.52. The summed E-state index contributed by atoms with van der Waals surface area (Å²) in [5.74, 6) is -0.312. The van der Waals surface area contributed by atoms with E-state index in [1.165, 1.54) is 17.8 Å². The fourth-order valence-corrected chi connectivity index (χ4v) is 2.54. The molecule has 0 aliphatic heterocycles. The number of nitrogens with one attached hydrogen (secondary N) is 1. The van der Waals surface area contributed by atoms with E-state index in [1.54, 1.807) is 25.1 Å². The van der Waals surface area contributed by atoms with E-state index in [9.17, 15) is 9.18 Å². The Morgan fingerprint density at radius 2 is 2.06 bits per heavy atom. The molecule has 0 fully saturated rings. The molecular formula is C14H20FNOS. The van der Waals surface area contributed by atoms with Crippen molar-refractivity contribution >= 4 is 17.7 Å². The second kappa shape index (κ2) is 7.41. The van der Waals surface area contributed by atoms with Crippen LogP contribution in [-0.2, 0) is 4.79 Å². The predicted molar refractivity (Wildman–Crippen MR) is 74.2 cm³/mol. The van der Waals surface area contributed by atoms with E-state index in [4.69, 9.17) is 0 Å². The molecule has 0 spiro atoms. The zero-order valence-corrected chi connectivity index (χ0v) is 11.9. The summed E-state index contributed by atoms with van der Waals surface area (Å²) in [6, 6.07) is 6.70. The van der Waals surface area contributed by atoms with Crippen molar-refractivity contribution in [3.8, 4) is 0 Å². The fourth-order valence-electron chi connectivity index (χ4n) is 1.65. The third kappa shape index (κ3) is 4.69. The van der Waals surface area contributed by atoms with Crippen LogP contribution in [-0.4, -0.2) is 17.2 Å². The lowest BCUT2D eigenvalue weighted by Gasteiger charge is -2.17. The van der Waals surface area contributed by atoms with E-state index < -0.39 is 0 Å². The summed E-state index contributed by atoms with van der Waals surface area (Å²) in [6.45, 7) is 5.87. The first-order valence-corrected chi connectivity index (χ1v) is 7.14. The van der Waals surface area contributed by atoms with Crippen LogP contribution in [0.2, 0.25) is 0 Å². The molecule has 1 rings (SSSR count). The van der Waals surface area contributed by atoms with Gasteiger partial charge in [-0.25, -0.2) is 4.39 Å². The maximum absolute atomic E-state index is 13.4. The van der Waals surface area contributed by atoms with E-state index >= 15 is 0 Å². The van der Waals surface area contributed by atoms with E-state index in [0.29, 0.717) is 4.90 Å². The first-order chi connectivity index (χ1) is 8.54. The molecule has 1 aromatic carbocycles. The molecular weight excluding hydrogens is 249 g/mol. The largest absolute Gasteiger partial charge is 0.353 e. The first-order valence-electron chi connectivity index (χ1n) is 6.26. The maximum Gasteiger partial charge on any atom is 0.233 e. The van der Waals surface area contributed by atoms with E-state index in [1.807, 2.05) is 6.92 Å². The lowest BCUT2D eigenvalue weighted by molar-refractivity contribution is -0.120. The number of carbonyl (C=O) groups is 1. The van der Waals surface area contributed by atoms with Crippen LogP contribution in [0.5, 0.6) is 0 Å². The van der Waals surface area contributed by atoms with Crippen molar-refractivity contribution in [3.05, 3.63) is 30.1 Å². The topological polar surface area (TPSA) is 29.1 Å². The van der Waals surface area contributed by atoms with E-state index in [-0.39, 0.29) is 23.0 Å². The van der Waals surface area contributed by atoms with Gasteiger partial charge in [0.2, 0.25) is 5.91 Å². The summed E-state index contributed by atoms with van der Waals surface area (Å²) in [6.07, 6.45) is 2.00. The smallest absolute Gasteiger partial charge is 0.233 e. The van der Waals surface area contributed by atoms with Gasteiger partial charge >= 0.3 is 0 Å². The van der Waals surface area contributed by atoms with Gasteiger partial charge in [0.05, 0.1) is 5.25 Å². The number of amides is 1. The molecule has 0 saturated heterocycles. The number of hydrogen-bond donors (Lipinski definition) is 1. The highest BCUT2D eigenvalue weighted by Crippen LogP contribution is 2.25. The van der Waals surface area contributed by atoms with Gasteiger partial charge in [-0.05, 0) is 32.4 Å². The van der Waals surface area contributed by atoms with Crippen molar-refractivity contribution in [1.29, 1.82) is 0 Å². The van der Waals surface area contributed by atoms with Crippen molar-refractivity contribution < 1.29 is 9.18 Å². The molecule has 2 atom stereocenters. The number of carbonyl (C=O) groups excluding carboxylic acids is 1. The second-order valence-electron chi connectivity index (χ2n) is 4.39. The van der Waals surface area contributed by atoms with Crippen molar-refractivity contribution in [2.24, 2.45) is 0 Å². The fraction of sp³-hybridized carbons (Fsp3) is 0.500. The molecule has 4 heteroatoms. The van der Waals surface area contributed by atoms with Gasteiger partial charge in [-0.3, -0.25) is 4.79 Å². The molecule has 0 saturated carbocycles. The summed E-state index contributed by atoms with van der Waals surface area (Å²) in [4.78, 5) is 12.4. The van der Waals surface area contributed by atoms with Gasteiger partial charge in [0, 0.05) is 10.9 Å². The van der Waals surface area contributed by atoms with Crippen LogP contribution in [0.3, 0.4) is 0 Å².